The first-order chi connectivity index (χ1) is 9.65. The summed E-state index contributed by atoms with van der Waals surface area (Å²) in [5.41, 5.74) is 1.23. The highest BCUT2D eigenvalue weighted by molar-refractivity contribution is 7.99. The Morgan fingerprint density at radius 2 is 2.20 bits per heavy atom. The molecular formula is C15H24ClN3S. The minimum Gasteiger partial charge on any atom is -0.357 e. The zero-order chi connectivity index (χ0) is 14.8. The first-order valence-corrected chi connectivity index (χ1v) is 8.61. The minimum absolute atomic E-state index is 0.540. The van der Waals surface area contributed by atoms with Crippen molar-refractivity contribution in [3.63, 3.8) is 0 Å². The van der Waals surface area contributed by atoms with Crippen LogP contribution in [0.25, 0.3) is 0 Å². The van der Waals surface area contributed by atoms with Gasteiger partial charge < -0.3 is 10.6 Å². The Hall–Kier alpha value is -0.870. The topological polar surface area (TPSA) is 36.4 Å². The van der Waals surface area contributed by atoms with E-state index < -0.39 is 0 Å². The Morgan fingerprint density at radius 1 is 1.40 bits per heavy atom. The molecule has 0 amide bonds. The third kappa shape index (κ3) is 7.06. The lowest BCUT2D eigenvalue weighted by Gasteiger charge is -2.12. The number of halogens is 1. The lowest BCUT2D eigenvalue weighted by Crippen LogP contribution is -2.38. The summed E-state index contributed by atoms with van der Waals surface area (Å²) in [5, 5.41) is 7.95. The van der Waals surface area contributed by atoms with E-state index >= 15 is 0 Å². The molecule has 0 aromatic heterocycles. The summed E-state index contributed by atoms with van der Waals surface area (Å²) in [6, 6.07) is 7.97. The summed E-state index contributed by atoms with van der Waals surface area (Å²) in [5.74, 6) is 0.885. The second kappa shape index (κ2) is 9.94. The molecule has 0 aliphatic carbocycles. The van der Waals surface area contributed by atoms with E-state index in [0.717, 1.165) is 37.0 Å². The fraction of sp³-hybridized carbons (Fsp3) is 0.533. The van der Waals surface area contributed by atoms with Crippen LogP contribution in [-0.2, 0) is 6.42 Å². The number of aliphatic imine (C=N–C) groups is 1. The van der Waals surface area contributed by atoms with Crippen molar-refractivity contribution in [2.24, 2.45) is 4.99 Å². The molecule has 0 saturated heterocycles. The van der Waals surface area contributed by atoms with Gasteiger partial charge in [-0.05, 0) is 37.3 Å². The molecule has 5 heteroatoms. The van der Waals surface area contributed by atoms with Crippen LogP contribution in [0.5, 0.6) is 0 Å². The highest BCUT2D eigenvalue weighted by Gasteiger charge is 2.01. The Morgan fingerprint density at radius 3 is 2.85 bits per heavy atom. The van der Waals surface area contributed by atoms with Gasteiger partial charge in [0.15, 0.2) is 5.96 Å². The Balaban J connectivity index is 2.42. The maximum atomic E-state index is 5.98. The molecule has 1 unspecified atom stereocenters. The fourth-order valence-corrected chi connectivity index (χ4v) is 2.09. The van der Waals surface area contributed by atoms with Gasteiger partial charge in [-0.1, -0.05) is 30.7 Å². The van der Waals surface area contributed by atoms with Crippen LogP contribution >= 0.6 is 23.4 Å². The van der Waals surface area contributed by atoms with Gasteiger partial charge in [0.25, 0.3) is 0 Å². The lowest BCUT2D eigenvalue weighted by molar-refractivity contribution is 0.796. The summed E-state index contributed by atoms with van der Waals surface area (Å²) in [7, 11) is 0. The Bertz CT molecular complexity index is 423. The predicted molar refractivity (Wildman–Crippen MR) is 92.1 cm³/mol. The normalized spacial score (nSPS) is 13.1. The summed E-state index contributed by atoms with van der Waals surface area (Å²) < 4.78 is 0. The predicted octanol–water partition coefficient (Wildman–Crippen LogP) is 3.19. The molecule has 1 atom stereocenters. The smallest absolute Gasteiger partial charge is 0.191 e. The molecule has 3 nitrogen and oxygen atoms in total. The average molecular weight is 314 g/mol. The van der Waals surface area contributed by atoms with E-state index in [4.69, 9.17) is 11.6 Å². The molecule has 0 saturated carbocycles. The number of nitrogens with zero attached hydrogens (tertiary/aromatic N) is 1. The van der Waals surface area contributed by atoms with Crippen molar-refractivity contribution in [1.29, 1.82) is 0 Å². The van der Waals surface area contributed by atoms with Gasteiger partial charge >= 0.3 is 0 Å². The lowest BCUT2D eigenvalue weighted by atomic mass is 10.1. The van der Waals surface area contributed by atoms with Gasteiger partial charge in [0.1, 0.15) is 0 Å². The van der Waals surface area contributed by atoms with Crippen LogP contribution < -0.4 is 10.6 Å². The number of hydrogen-bond acceptors (Lipinski definition) is 2. The molecule has 112 valence electrons. The zero-order valence-electron chi connectivity index (χ0n) is 12.4. The van der Waals surface area contributed by atoms with Gasteiger partial charge in [0.2, 0.25) is 0 Å². The Kier molecular flexibility index (Phi) is 8.54. The molecule has 1 aromatic rings. The molecule has 0 fully saturated rings. The van der Waals surface area contributed by atoms with E-state index in [0.29, 0.717) is 5.25 Å². The van der Waals surface area contributed by atoms with Gasteiger partial charge in [-0.2, -0.15) is 11.8 Å². The largest absolute Gasteiger partial charge is 0.357 e. The number of guanidine groups is 1. The molecular weight excluding hydrogens is 290 g/mol. The number of rotatable bonds is 7. The molecule has 1 rings (SSSR count). The third-order valence-electron chi connectivity index (χ3n) is 2.85. The highest BCUT2D eigenvalue weighted by atomic mass is 35.5. The van der Waals surface area contributed by atoms with Crippen molar-refractivity contribution in [2.75, 3.05) is 25.9 Å². The maximum Gasteiger partial charge on any atom is 0.191 e. The van der Waals surface area contributed by atoms with Crippen LogP contribution in [0.15, 0.2) is 29.3 Å². The summed E-state index contributed by atoms with van der Waals surface area (Å²) in [6.07, 6.45) is 3.04. The molecule has 0 heterocycles. The van der Waals surface area contributed by atoms with E-state index in [1.54, 1.807) is 0 Å². The van der Waals surface area contributed by atoms with Gasteiger partial charge in [-0.15, -0.1) is 0 Å². The second-order valence-electron chi connectivity index (χ2n) is 4.57. The average Bonchev–Trinajstić information content (AvgIpc) is 2.44. The van der Waals surface area contributed by atoms with Crippen LogP contribution in [0, 0.1) is 0 Å². The zero-order valence-corrected chi connectivity index (χ0v) is 14.0. The highest BCUT2D eigenvalue weighted by Crippen LogP contribution is 2.10. The quantitative estimate of drug-likeness (QED) is 0.599. The summed E-state index contributed by atoms with van der Waals surface area (Å²) in [4.78, 5) is 4.58. The minimum atomic E-state index is 0.540. The fourth-order valence-electron chi connectivity index (χ4n) is 1.65. The van der Waals surface area contributed by atoms with E-state index in [-0.39, 0.29) is 0 Å². The molecule has 0 bridgehead atoms. The molecule has 0 radical (unpaired) electrons. The second-order valence-corrected chi connectivity index (χ2v) is 6.29. The van der Waals surface area contributed by atoms with Crippen molar-refractivity contribution < 1.29 is 0 Å². The van der Waals surface area contributed by atoms with E-state index in [9.17, 15) is 0 Å². The van der Waals surface area contributed by atoms with E-state index in [1.165, 1.54) is 5.56 Å². The number of nitrogens with one attached hydrogen (secondary N) is 2. The van der Waals surface area contributed by atoms with Crippen molar-refractivity contribution >= 4 is 29.3 Å². The van der Waals surface area contributed by atoms with Crippen LogP contribution in [0.2, 0.25) is 5.02 Å². The Labute approximate surface area is 131 Å². The molecule has 1 aromatic carbocycles. The number of thioether (sulfide) groups is 1. The molecule has 2 N–H and O–H groups in total. The van der Waals surface area contributed by atoms with Crippen LogP contribution in [0.1, 0.15) is 19.4 Å². The number of benzene rings is 1. The van der Waals surface area contributed by atoms with Crippen molar-refractivity contribution in [2.45, 2.75) is 25.5 Å². The van der Waals surface area contributed by atoms with Gasteiger partial charge in [-0.25, -0.2) is 0 Å². The van der Waals surface area contributed by atoms with E-state index in [2.05, 4.69) is 41.8 Å². The first-order valence-electron chi connectivity index (χ1n) is 6.95. The molecule has 20 heavy (non-hydrogen) atoms. The standard InChI is InChI=1S/C15H24ClN3S/c1-4-17-15(19-11-12(2)20-3)18-9-8-13-6-5-7-14(16)10-13/h5-7,10,12H,4,8-9,11H2,1-3H3,(H2,17,18,19). The van der Waals surface area contributed by atoms with Crippen LogP contribution in [0.4, 0.5) is 0 Å². The molecule has 0 aliphatic heterocycles. The maximum absolute atomic E-state index is 5.98. The summed E-state index contributed by atoms with van der Waals surface area (Å²) in [6.45, 7) is 6.81. The van der Waals surface area contributed by atoms with Crippen LogP contribution in [-0.4, -0.2) is 37.1 Å². The number of hydrogen-bond donors (Lipinski definition) is 2. The van der Waals surface area contributed by atoms with Crippen LogP contribution in [0.3, 0.4) is 0 Å². The van der Waals surface area contributed by atoms with E-state index in [1.807, 2.05) is 30.0 Å². The third-order valence-corrected chi connectivity index (χ3v) is 4.04. The SMILES string of the molecule is CCNC(=NCC(C)SC)NCCc1cccc(Cl)c1. The van der Waals surface area contributed by atoms with Gasteiger partial charge in [0, 0.05) is 23.4 Å². The van der Waals surface area contributed by atoms with Gasteiger partial charge in [-0.3, -0.25) is 4.99 Å². The summed E-state index contributed by atoms with van der Waals surface area (Å²) >= 11 is 7.81. The van der Waals surface area contributed by atoms with Crippen molar-refractivity contribution in [3.8, 4) is 0 Å². The van der Waals surface area contributed by atoms with Gasteiger partial charge in [0.05, 0.1) is 6.54 Å². The molecule has 0 spiro atoms. The molecule has 0 aliphatic rings. The first kappa shape index (κ1) is 17.2. The van der Waals surface area contributed by atoms with Crippen molar-refractivity contribution in [3.05, 3.63) is 34.9 Å². The van der Waals surface area contributed by atoms with Crippen molar-refractivity contribution in [1.82, 2.24) is 10.6 Å². The monoisotopic (exact) mass is 313 g/mol.